The molecule has 0 rings (SSSR count). The maximum absolute atomic E-state index is 13.0. The molecule has 0 aliphatic heterocycles. The van der Waals surface area contributed by atoms with Gasteiger partial charge >= 0.3 is 17.9 Å². The summed E-state index contributed by atoms with van der Waals surface area (Å²) in [7, 11) is 0. The molecule has 0 aliphatic carbocycles. The Morgan fingerprint density at radius 3 is 0.756 bits per heavy atom. The van der Waals surface area contributed by atoms with Gasteiger partial charge in [0.2, 0.25) is 0 Å². The number of ether oxygens (including phenoxy) is 3. The highest BCUT2D eigenvalue weighted by Gasteiger charge is 2.19. The third-order valence-electron chi connectivity index (χ3n) is 16.3. The summed E-state index contributed by atoms with van der Waals surface area (Å²) in [4.78, 5) is 38.5. The molecule has 0 aromatic rings. The van der Waals surface area contributed by atoms with Gasteiger partial charge in [0.05, 0.1) is 0 Å². The van der Waals surface area contributed by atoms with Gasteiger partial charge in [-0.15, -0.1) is 0 Å². The highest BCUT2D eigenvalue weighted by atomic mass is 16.6. The van der Waals surface area contributed by atoms with Crippen molar-refractivity contribution in [2.24, 2.45) is 0 Å². The molecular weight excluding hydrogens is 1010 g/mol. The Balaban J connectivity index is 4.27. The summed E-state index contributed by atoms with van der Waals surface area (Å²) in [6.07, 6.45) is 91.1. The second-order valence-corrected chi connectivity index (χ2v) is 24.5. The van der Waals surface area contributed by atoms with Gasteiger partial charge in [0.25, 0.3) is 0 Å². The van der Waals surface area contributed by atoms with E-state index in [2.05, 4.69) is 81.5 Å². The van der Waals surface area contributed by atoms with Gasteiger partial charge in [-0.1, -0.05) is 345 Å². The minimum atomic E-state index is -0.784. The van der Waals surface area contributed by atoms with Crippen LogP contribution in [0.2, 0.25) is 0 Å². The first-order valence-corrected chi connectivity index (χ1v) is 36.3. The average molecular weight is 1150 g/mol. The number of unbranched alkanes of at least 4 members (excludes halogenated alkanes) is 46. The summed E-state index contributed by atoms with van der Waals surface area (Å²) >= 11 is 0. The third-order valence-corrected chi connectivity index (χ3v) is 16.3. The van der Waals surface area contributed by atoms with Crippen LogP contribution in [-0.4, -0.2) is 37.2 Å². The SMILES string of the molecule is CC/C=C\C/C=C\C/C=C\C/C=C\CCCCCCCCC(=O)OC(COC(=O)CCCCCCCCC/C=C\CCCCCCCC)COC(=O)CCCCCCCCCCCCCCCCCCCCCCCCCCCCCC. The molecule has 0 saturated carbocycles. The lowest BCUT2D eigenvalue weighted by atomic mass is 10.0. The van der Waals surface area contributed by atoms with Crippen molar-refractivity contribution in [3.05, 3.63) is 60.8 Å². The van der Waals surface area contributed by atoms with E-state index >= 15 is 0 Å². The third kappa shape index (κ3) is 67.9. The zero-order valence-electron chi connectivity index (χ0n) is 55.0. The van der Waals surface area contributed by atoms with E-state index in [1.165, 1.54) is 250 Å². The fourth-order valence-corrected chi connectivity index (χ4v) is 10.8. The van der Waals surface area contributed by atoms with E-state index in [1.54, 1.807) is 0 Å². The maximum Gasteiger partial charge on any atom is 0.306 e. The van der Waals surface area contributed by atoms with Crippen LogP contribution in [0, 0.1) is 0 Å². The van der Waals surface area contributed by atoms with Crippen LogP contribution < -0.4 is 0 Å². The van der Waals surface area contributed by atoms with E-state index in [0.717, 1.165) is 96.3 Å². The van der Waals surface area contributed by atoms with Crippen LogP contribution in [0.25, 0.3) is 0 Å². The molecule has 0 spiro atoms. The van der Waals surface area contributed by atoms with E-state index in [0.29, 0.717) is 19.3 Å². The lowest BCUT2D eigenvalue weighted by molar-refractivity contribution is -0.167. The summed E-state index contributed by atoms with van der Waals surface area (Å²) in [5.74, 6) is -0.872. The van der Waals surface area contributed by atoms with Crippen LogP contribution in [0.4, 0.5) is 0 Å². The Morgan fingerprint density at radius 2 is 0.476 bits per heavy atom. The lowest BCUT2D eigenvalue weighted by Crippen LogP contribution is -2.30. The summed E-state index contributed by atoms with van der Waals surface area (Å²) < 4.78 is 17.0. The van der Waals surface area contributed by atoms with Crippen LogP contribution >= 0.6 is 0 Å². The smallest absolute Gasteiger partial charge is 0.306 e. The molecule has 0 saturated heterocycles. The molecule has 0 aliphatic rings. The molecule has 0 N–H and O–H groups in total. The average Bonchev–Trinajstić information content (AvgIpc) is 3.47. The van der Waals surface area contributed by atoms with Crippen molar-refractivity contribution in [1.29, 1.82) is 0 Å². The van der Waals surface area contributed by atoms with Crippen LogP contribution in [0.5, 0.6) is 0 Å². The molecule has 0 amide bonds. The molecule has 0 bridgehead atoms. The molecule has 1 atom stereocenters. The number of rotatable bonds is 67. The summed E-state index contributed by atoms with van der Waals surface area (Å²) in [5.41, 5.74) is 0. The van der Waals surface area contributed by atoms with Crippen LogP contribution in [0.3, 0.4) is 0 Å². The van der Waals surface area contributed by atoms with Gasteiger partial charge in [-0.3, -0.25) is 14.4 Å². The van der Waals surface area contributed by atoms with E-state index < -0.39 is 6.10 Å². The Labute approximate surface area is 510 Å². The Morgan fingerprint density at radius 1 is 0.256 bits per heavy atom. The minimum absolute atomic E-state index is 0.0778. The monoisotopic (exact) mass is 1150 g/mol. The van der Waals surface area contributed by atoms with Gasteiger partial charge in [0.1, 0.15) is 13.2 Å². The van der Waals surface area contributed by atoms with Crippen molar-refractivity contribution >= 4 is 17.9 Å². The molecular formula is C76H138O6. The largest absolute Gasteiger partial charge is 0.462 e. The minimum Gasteiger partial charge on any atom is -0.462 e. The molecule has 0 fully saturated rings. The standard InChI is InChI=1S/C76H138O6/c1-4-7-10-13-16-19-22-25-28-31-33-34-35-36-37-38-39-40-41-43-45-48-51-54-57-60-63-66-69-75(78)81-72-73(71-80-74(77)68-65-62-59-56-53-50-47-44-30-27-24-21-18-15-12-9-6-3)82-76(79)70-67-64-61-58-55-52-49-46-42-32-29-26-23-20-17-14-11-8-5-2/h8,11,17,20,26-27,29-30,42,46,73H,4-7,9-10,12-16,18-19,21-25,28,31-41,43-45,47-72H2,1-3H3/b11-8-,20-17-,29-26-,30-27-,46-42-. The van der Waals surface area contributed by atoms with E-state index in [1.807, 2.05) is 0 Å². The molecule has 0 aromatic carbocycles. The molecule has 0 radical (unpaired) electrons. The number of hydrogen-bond acceptors (Lipinski definition) is 6. The second-order valence-electron chi connectivity index (χ2n) is 24.5. The van der Waals surface area contributed by atoms with E-state index in [9.17, 15) is 14.4 Å². The first-order valence-electron chi connectivity index (χ1n) is 36.3. The van der Waals surface area contributed by atoms with Gasteiger partial charge in [0.15, 0.2) is 6.10 Å². The predicted molar refractivity (Wildman–Crippen MR) is 358 cm³/mol. The van der Waals surface area contributed by atoms with Crippen molar-refractivity contribution in [2.75, 3.05) is 13.2 Å². The summed E-state index contributed by atoms with van der Waals surface area (Å²) in [6.45, 7) is 6.58. The van der Waals surface area contributed by atoms with Gasteiger partial charge < -0.3 is 14.2 Å². The highest BCUT2D eigenvalue weighted by molar-refractivity contribution is 5.71. The fraction of sp³-hybridized carbons (Fsp3) is 0.829. The van der Waals surface area contributed by atoms with Crippen LogP contribution in [0.1, 0.15) is 387 Å². The first-order chi connectivity index (χ1) is 40.5. The molecule has 82 heavy (non-hydrogen) atoms. The Kier molecular flexibility index (Phi) is 68.1. The van der Waals surface area contributed by atoms with E-state index in [4.69, 9.17) is 14.2 Å². The van der Waals surface area contributed by atoms with Gasteiger partial charge in [0, 0.05) is 19.3 Å². The van der Waals surface area contributed by atoms with Gasteiger partial charge in [-0.05, 0) is 83.5 Å². The Hall–Kier alpha value is -2.89. The molecule has 1 unspecified atom stereocenters. The summed E-state index contributed by atoms with van der Waals surface area (Å²) in [6, 6.07) is 0. The van der Waals surface area contributed by atoms with Crippen LogP contribution in [-0.2, 0) is 28.6 Å². The zero-order valence-corrected chi connectivity index (χ0v) is 55.0. The first kappa shape index (κ1) is 79.1. The lowest BCUT2D eigenvalue weighted by Gasteiger charge is -2.18. The number of allylic oxidation sites excluding steroid dienone is 10. The van der Waals surface area contributed by atoms with Crippen molar-refractivity contribution < 1.29 is 28.6 Å². The number of hydrogen-bond donors (Lipinski definition) is 0. The highest BCUT2D eigenvalue weighted by Crippen LogP contribution is 2.18. The van der Waals surface area contributed by atoms with E-state index in [-0.39, 0.29) is 31.1 Å². The van der Waals surface area contributed by atoms with Gasteiger partial charge in [-0.25, -0.2) is 0 Å². The molecule has 478 valence electrons. The summed E-state index contributed by atoms with van der Waals surface area (Å²) in [5, 5.41) is 0. The van der Waals surface area contributed by atoms with Crippen molar-refractivity contribution in [3.8, 4) is 0 Å². The van der Waals surface area contributed by atoms with Crippen molar-refractivity contribution in [3.63, 3.8) is 0 Å². The normalized spacial score (nSPS) is 12.4. The number of carbonyl (C=O) groups is 3. The Bertz CT molecular complexity index is 1460. The van der Waals surface area contributed by atoms with Crippen molar-refractivity contribution in [2.45, 2.75) is 393 Å². The predicted octanol–water partition coefficient (Wildman–Crippen LogP) is 25.1. The fourth-order valence-electron chi connectivity index (χ4n) is 10.8. The number of esters is 3. The molecule has 0 heterocycles. The molecule has 6 nitrogen and oxygen atoms in total. The quantitative estimate of drug-likeness (QED) is 0.0261. The number of carbonyl (C=O) groups excluding carboxylic acids is 3. The van der Waals surface area contributed by atoms with Crippen molar-refractivity contribution in [1.82, 2.24) is 0 Å². The molecule has 0 aromatic heterocycles. The zero-order chi connectivity index (χ0) is 59.2. The van der Waals surface area contributed by atoms with Gasteiger partial charge in [-0.2, -0.15) is 0 Å². The molecule has 6 heteroatoms. The van der Waals surface area contributed by atoms with Crippen LogP contribution in [0.15, 0.2) is 60.8 Å². The maximum atomic E-state index is 13.0. The second kappa shape index (κ2) is 70.6. The topological polar surface area (TPSA) is 78.9 Å².